The smallest absolute Gasteiger partial charge is 0.177 e. The molecule has 1 aromatic heterocycles. The Hall–Kier alpha value is -1.44. The number of para-hydroxylation sites is 1. The van der Waals surface area contributed by atoms with Crippen molar-refractivity contribution in [1.82, 2.24) is 9.55 Å². The van der Waals surface area contributed by atoms with E-state index in [2.05, 4.69) is 4.98 Å². The van der Waals surface area contributed by atoms with Crippen LogP contribution in [0.5, 0.6) is 0 Å². The Morgan fingerprint density at radius 1 is 1.42 bits per heavy atom. The molecule has 2 aromatic rings. The molecule has 0 aliphatic heterocycles. The summed E-state index contributed by atoms with van der Waals surface area (Å²) in [5.74, 6) is 0.680. The molecule has 19 heavy (non-hydrogen) atoms. The molecule has 0 aliphatic carbocycles. The minimum Gasteiger partial charge on any atom is -0.372 e. The van der Waals surface area contributed by atoms with Gasteiger partial charge < -0.3 is 15.0 Å². The molecule has 6 nitrogen and oxygen atoms in total. The lowest BCUT2D eigenvalue weighted by molar-refractivity contribution is 0.121. The van der Waals surface area contributed by atoms with Crippen molar-refractivity contribution in [3.63, 3.8) is 0 Å². The van der Waals surface area contributed by atoms with E-state index in [4.69, 9.17) is 10.5 Å². The van der Waals surface area contributed by atoms with Crippen LogP contribution in [0.2, 0.25) is 0 Å². The van der Waals surface area contributed by atoms with Crippen LogP contribution in [-0.4, -0.2) is 37.4 Å². The van der Waals surface area contributed by atoms with Gasteiger partial charge in [-0.1, -0.05) is 6.07 Å². The molecule has 7 heteroatoms. The van der Waals surface area contributed by atoms with E-state index in [1.165, 1.54) is 6.26 Å². The summed E-state index contributed by atoms with van der Waals surface area (Å²) in [7, 11) is -1.46. The molecule has 0 saturated carbocycles. The third kappa shape index (κ3) is 2.78. The van der Waals surface area contributed by atoms with Crippen molar-refractivity contribution < 1.29 is 13.2 Å². The first-order valence-corrected chi connectivity index (χ1v) is 7.76. The molecule has 0 aliphatic rings. The molecule has 0 radical (unpaired) electrons. The van der Waals surface area contributed by atoms with Crippen LogP contribution in [0, 0.1) is 0 Å². The zero-order valence-corrected chi connectivity index (χ0v) is 11.8. The summed E-state index contributed by atoms with van der Waals surface area (Å²) < 4.78 is 30.6. The summed E-state index contributed by atoms with van der Waals surface area (Å²) in [5.41, 5.74) is 6.61. The Kier molecular flexibility index (Phi) is 3.88. The van der Waals surface area contributed by atoms with Crippen LogP contribution in [0.3, 0.4) is 0 Å². The number of hydrogen-bond acceptors (Lipinski definition) is 5. The topological polar surface area (TPSA) is 87.2 Å². The first kappa shape index (κ1) is 14.0. The number of aromatic nitrogens is 2. The van der Waals surface area contributed by atoms with Gasteiger partial charge in [0.15, 0.2) is 9.84 Å². The van der Waals surface area contributed by atoms with E-state index >= 15 is 0 Å². The van der Waals surface area contributed by atoms with Gasteiger partial charge in [-0.15, -0.1) is 0 Å². The lowest BCUT2D eigenvalue weighted by atomic mass is 10.3. The highest BCUT2D eigenvalue weighted by atomic mass is 32.2. The fourth-order valence-corrected chi connectivity index (χ4v) is 2.74. The molecule has 0 bridgehead atoms. The van der Waals surface area contributed by atoms with Gasteiger partial charge in [0, 0.05) is 19.8 Å². The summed E-state index contributed by atoms with van der Waals surface area (Å²) in [6.45, 7) is 1.20. The molecule has 104 valence electrons. The number of imidazole rings is 1. The summed E-state index contributed by atoms with van der Waals surface area (Å²) in [5, 5.41) is 0. The Bertz CT molecular complexity index is 692. The van der Waals surface area contributed by atoms with Crippen LogP contribution in [0.15, 0.2) is 23.1 Å². The molecule has 1 heterocycles. The fraction of sp³-hybridized carbons (Fsp3) is 0.417. The van der Waals surface area contributed by atoms with Gasteiger partial charge in [0.05, 0.1) is 17.0 Å². The van der Waals surface area contributed by atoms with Crippen molar-refractivity contribution in [1.29, 1.82) is 0 Å². The van der Waals surface area contributed by atoms with E-state index in [0.29, 0.717) is 31.1 Å². The molecule has 1 aromatic carbocycles. The quantitative estimate of drug-likeness (QED) is 0.805. The molecule has 0 unspecified atom stereocenters. The predicted molar refractivity (Wildman–Crippen MR) is 72.5 cm³/mol. The Balaban J connectivity index is 2.51. The second kappa shape index (κ2) is 5.28. The third-order valence-electron chi connectivity index (χ3n) is 2.86. The number of aryl methyl sites for hydroxylation is 1. The van der Waals surface area contributed by atoms with Gasteiger partial charge in [-0.25, -0.2) is 13.4 Å². The number of ether oxygens (including phenoxy) is 1. The second-order valence-electron chi connectivity index (χ2n) is 4.32. The summed E-state index contributed by atoms with van der Waals surface area (Å²) in [4.78, 5) is 4.61. The number of hydrogen-bond donors (Lipinski definition) is 1. The number of rotatable bonds is 5. The monoisotopic (exact) mass is 283 g/mol. The summed E-state index contributed by atoms with van der Waals surface area (Å²) >= 11 is 0. The first-order chi connectivity index (χ1) is 8.95. The molecule has 0 amide bonds. The molecule has 0 spiro atoms. The Morgan fingerprint density at radius 2 is 2.16 bits per heavy atom. The molecule has 2 N–H and O–H groups in total. The van der Waals surface area contributed by atoms with Gasteiger partial charge in [-0.3, -0.25) is 0 Å². The fourth-order valence-electron chi connectivity index (χ4n) is 1.91. The highest BCUT2D eigenvalue weighted by Crippen LogP contribution is 2.23. The number of nitrogens with two attached hydrogens (primary N) is 1. The Morgan fingerprint density at radius 3 is 2.79 bits per heavy atom. The van der Waals surface area contributed by atoms with Gasteiger partial charge in [-0.2, -0.15) is 0 Å². The number of nitrogens with zero attached hydrogens (tertiary/aromatic N) is 2. The van der Waals surface area contributed by atoms with Gasteiger partial charge in [0.2, 0.25) is 0 Å². The lowest BCUT2D eigenvalue weighted by Crippen LogP contribution is -2.10. The predicted octanol–water partition coefficient (Wildman–Crippen LogP) is 0.452. The number of sulfone groups is 1. The van der Waals surface area contributed by atoms with Crippen LogP contribution < -0.4 is 5.73 Å². The Labute approximate surface area is 112 Å². The van der Waals surface area contributed by atoms with E-state index in [1.54, 1.807) is 12.1 Å². The standard InChI is InChI=1S/C12H17N3O3S/c1-15-9-4-3-5-10(19(2,16)17)12(9)14-11(15)8-18-7-6-13/h3-5H,6-8,13H2,1-2H3. The second-order valence-corrected chi connectivity index (χ2v) is 6.31. The van der Waals surface area contributed by atoms with Crippen molar-refractivity contribution in [3.05, 3.63) is 24.0 Å². The van der Waals surface area contributed by atoms with Crippen molar-refractivity contribution in [3.8, 4) is 0 Å². The number of benzene rings is 1. The third-order valence-corrected chi connectivity index (χ3v) is 3.99. The molecular weight excluding hydrogens is 266 g/mol. The van der Waals surface area contributed by atoms with E-state index in [1.807, 2.05) is 17.7 Å². The molecule has 0 saturated heterocycles. The maximum absolute atomic E-state index is 11.7. The molecule has 0 atom stereocenters. The van der Waals surface area contributed by atoms with E-state index in [0.717, 1.165) is 5.52 Å². The van der Waals surface area contributed by atoms with Crippen LogP contribution in [0.25, 0.3) is 11.0 Å². The van der Waals surface area contributed by atoms with Crippen LogP contribution in [0.1, 0.15) is 5.82 Å². The van der Waals surface area contributed by atoms with Gasteiger partial charge in [-0.05, 0) is 12.1 Å². The minimum absolute atomic E-state index is 0.241. The summed E-state index contributed by atoms with van der Waals surface area (Å²) in [6, 6.07) is 5.11. The van der Waals surface area contributed by atoms with Crippen molar-refractivity contribution >= 4 is 20.9 Å². The molecule has 0 fully saturated rings. The highest BCUT2D eigenvalue weighted by Gasteiger charge is 2.17. The van der Waals surface area contributed by atoms with Crippen LogP contribution >= 0.6 is 0 Å². The number of fused-ring (bicyclic) bond motifs is 1. The normalized spacial score (nSPS) is 12.2. The van der Waals surface area contributed by atoms with Crippen molar-refractivity contribution in [2.75, 3.05) is 19.4 Å². The van der Waals surface area contributed by atoms with E-state index in [-0.39, 0.29) is 4.90 Å². The highest BCUT2D eigenvalue weighted by molar-refractivity contribution is 7.91. The summed E-state index contributed by atoms with van der Waals surface area (Å²) in [6.07, 6.45) is 1.18. The lowest BCUT2D eigenvalue weighted by Gasteiger charge is -2.02. The molecule has 2 rings (SSSR count). The largest absolute Gasteiger partial charge is 0.372 e. The van der Waals surface area contributed by atoms with Crippen LogP contribution in [-0.2, 0) is 28.2 Å². The SMILES string of the molecule is Cn1c(COCCN)nc2c(S(C)(=O)=O)cccc21. The minimum atomic E-state index is -3.29. The molecular formula is C12H17N3O3S. The zero-order chi connectivity index (χ0) is 14.0. The first-order valence-electron chi connectivity index (χ1n) is 5.87. The van der Waals surface area contributed by atoms with Gasteiger partial charge in [0.25, 0.3) is 0 Å². The van der Waals surface area contributed by atoms with Crippen molar-refractivity contribution in [2.45, 2.75) is 11.5 Å². The van der Waals surface area contributed by atoms with E-state index < -0.39 is 9.84 Å². The average molecular weight is 283 g/mol. The van der Waals surface area contributed by atoms with Crippen LogP contribution in [0.4, 0.5) is 0 Å². The zero-order valence-electron chi connectivity index (χ0n) is 11.0. The van der Waals surface area contributed by atoms with Gasteiger partial charge in [0.1, 0.15) is 17.9 Å². The maximum Gasteiger partial charge on any atom is 0.177 e. The van der Waals surface area contributed by atoms with Crippen molar-refractivity contribution in [2.24, 2.45) is 12.8 Å². The van der Waals surface area contributed by atoms with E-state index in [9.17, 15) is 8.42 Å². The average Bonchev–Trinajstić information content (AvgIpc) is 2.66. The van der Waals surface area contributed by atoms with Gasteiger partial charge >= 0.3 is 0 Å². The maximum atomic E-state index is 11.7.